The molecule has 0 bridgehead atoms. The van der Waals surface area contributed by atoms with Crippen molar-refractivity contribution in [3.8, 4) is 6.07 Å². The van der Waals surface area contributed by atoms with Crippen LogP contribution in [0.1, 0.15) is 36.6 Å². The lowest BCUT2D eigenvalue weighted by molar-refractivity contribution is 0.128. The predicted molar refractivity (Wildman–Crippen MR) is 70.6 cm³/mol. The number of anilines is 1. The van der Waals surface area contributed by atoms with Crippen molar-refractivity contribution in [3.63, 3.8) is 0 Å². The maximum Gasteiger partial charge on any atom is 0.144 e. The molecule has 1 heterocycles. The maximum atomic E-state index is 9.18. The minimum Gasteiger partial charge on any atom is -0.380 e. The molecule has 96 valence electrons. The topological polar surface area (TPSA) is 57.9 Å². The van der Waals surface area contributed by atoms with Crippen molar-refractivity contribution < 1.29 is 4.74 Å². The van der Waals surface area contributed by atoms with E-state index in [4.69, 9.17) is 4.74 Å². The molecule has 0 spiro atoms. The van der Waals surface area contributed by atoms with Crippen LogP contribution >= 0.6 is 0 Å². The summed E-state index contributed by atoms with van der Waals surface area (Å²) in [6.07, 6.45) is 4.57. The van der Waals surface area contributed by atoms with Crippen LogP contribution in [0.15, 0.2) is 6.07 Å². The quantitative estimate of drug-likeness (QED) is 0.884. The number of methoxy groups -OCH3 is 1. The molecule has 1 N–H and O–H groups in total. The Morgan fingerprint density at radius 1 is 1.50 bits per heavy atom. The van der Waals surface area contributed by atoms with Gasteiger partial charge in [0.25, 0.3) is 0 Å². The molecule has 18 heavy (non-hydrogen) atoms. The molecule has 0 amide bonds. The van der Waals surface area contributed by atoms with E-state index >= 15 is 0 Å². The van der Waals surface area contributed by atoms with E-state index in [1.54, 1.807) is 7.11 Å². The van der Waals surface area contributed by atoms with E-state index in [9.17, 15) is 5.26 Å². The fourth-order valence-corrected chi connectivity index (χ4v) is 2.18. The number of ether oxygens (including phenoxy) is 1. The lowest BCUT2D eigenvalue weighted by Gasteiger charge is -2.18. The first-order valence-corrected chi connectivity index (χ1v) is 6.44. The second-order valence-electron chi connectivity index (χ2n) is 4.74. The van der Waals surface area contributed by atoms with Crippen molar-refractivity contribution in [1.82, 2.24) is 4.98 Å². The monoisotopic (exact) mass is 245 g/mol. The van der Waals surface area contributed by atoms with E-state index in [2.05, 4.69) is 16.4 Å². The molecule has 0 fully saturated rings. The number of pyridine rings is 1. The number of fused-ring (bicyclic) bond motifs is 1. The second-order valence-corrected chi connectivity index (χ2v) is 4.74. The third-order valence-corrected chi connectivity index (χ3v) is 3.38. The molecule has 1 aliphatic carbocycles. The summed E-state index contributed by atoms with van der Waals surface area (Å²) in [4.78, 5) is 4.60. The number of hydrogen-bond acceptors (Lipinski definition) is 4. The molecule has 1 unspecified atom stereocenters. The van der Waals surface area contributed by atoms with Crippen LogP contribution in [0.2, 0.25) is 0 Å². The molecule has 4 heteroatoms. The number of nitrogens with one attached hydrogen (secondary N) is 1. The minimum absolute atomic E-state index is 0.106. The summed E-state index contributed by atoms with van der Waals surface area (Å²) in [5.41, 5.74) is 3.02. The minimum atomic E-state index is 0.106. The number of nitriles is 1. The molecule has 2 rings (SSSR count). The highest BCUT2D eigenvalue weighted by Gasteiger charge is 2.15. The maximum absolute atomic E-state index is 9.18. The molecule has 0 radical (unpaired) electrons. The molecule has 0 aliphatic heterocycles. The first-order valence-electron chi connectivity index (χ1n) is 6.44. The number of rotatable bonds is 4. The van der Waals surface area contributed by atoms with E-state index in [1.807, 2.05) is 13.0 Å². The van der Waals surface area contributed by atoms with Gasteiger partial charge in [-0.15, -0.1) is 0 Å². The van der Waals surface area contributed by atoms with Gasteiger partial charge in [0, 0.05) is 19.3 Å². The highest BCUT2D eigenvalue weighted by Crippen LogP contribution is 2.24. The van der Waals surface area contributed by atoms with Gasteiger partial charge in [-0.05, 0) is 44.2 Å². The largest absolute Gasteiger partial charge is 0.380 e. The van der Waals surface area contributed by atoms with Crippen molar-refractivity contribution in [3.05, 3.63) is 22.9 Å². The van der Waals surface area contributed by atoms with Gasteiger partial charge in [-0.3, -0.25) is 0 Å². The SMILES string of the molecule is COC(C)CNc1nc2c(cc1C#N)CCCC2. The average molecular weight is 245 g/mol. The molecule has 1 atom stereocenters. The molecule has 1 aliphatic rings. The molecule has 1 aromatic rings. The standard InChI is InChI=1S/C14H19N3O/c1-10(18-2)9-16-14-12(8-15)7-11-5-3-4-6-13(11)17-14/h7,10H,3-6,9H2,1-2H3,(H,16,17). The second kappa shape index (κ2) is 5.83. The molecular formula is C14H19N3O. The molecule has 0 aromatic carbocycles. The van der Waals surface area contributed by atoms with Crippen LogP contribution in [0, 0.1) is 11.3 Å². The summed E-state index contributed by atoms with van der Waals surface area (Å²) in [5.74, 6) is 0.696. The molecule has 0 saturated carbocycles. The van der Waals surface area contributed by atoms with Crippen LogP contribution in [0.4, 0.5) is 5.82 Å². The Balaban J connectivity index is 2.20. The van der Waals surface area contributed by atoms with Gasteiger partial charge in [0.1, 0.15) is 11.9 Å². The fraction of sp³-hybridized carbons (Fsp3) is 0.571. The predicted octanol–water partition coefficient (Wildman–Crippen LogP) is 2.28. The van der Waals surface area contributed by atoms with Gasteiger partial charge in [0.15, 0.2) is 0 Å². The third kappa shape index (κ3) is 2.80. The first kappa shape index (κ1) is 12.8. The number of nitrogens with zero attached hydrogens (tertiary/aromatic N) is 2. The van der Waals surface area contributed by atoms with Gasteiger partial charge in [-0.25, -0.2) is 4.98 Å². The van der Waals surface area contributed by atoms with Gasteiger partial charge < -0.3 is 10.1 Å². The zero-order valence-electron chi connectivity index (χ0n) is 11.0. The third-order valence-electron chi connectivity index (χ3n) is 3.38. The summed E-state index contributed by atoms with van der Waals surface area (Å²) in [5, 5.41) is 12.4. The Bertz CT molecular complexity index is 465. The Morgan fingerprint density at radius 2 is 2.28 bits per heavy atom. The van der Waals surface area contributed by atoms with Gasteiger partial charge in [0.2, 0.25) is 0 Å². The normalized spacial score (nSPS) is 15.6. The first-order chi connectivity index (χ1) is 8.74. The van der Waals surface area contributed by atoms with E-state index < -0.39 is 0 Å². The van der Waals surface area contributed by atoms with Crippen LogP contribution < -0.4 is 5.32 Å². The highest BCUT2D eigenvalue weighted by molar-refractivity contribution is 5.54. The summed E-state index contributed by atoms with van der Waals surface area (Å²) < 4.78 is 5.18. The number of aromatic nitrogens is 1. The van der Waals surface area contributed by atoms with Crippen molar-refractivity contribution in [2.75, 3.05) is 19.0 Å². The lowest BCUT2D eigenvalue weighted by atomic mass is 9.95. The summed E-state index contributed by atoms with van der Waals surface area (Å²) in [6, 6.07) is 4.21. The fourth-order valence-electron chi connectivity index (χ4n) is 2.18. The summed E-state index contributed by atoms with van der Waals surface area (Å²) >= 11 is 0. The number of hydrogen-bond donors (Lipinski definition) is 1. The molecule has 4 nitrogen and oxygen atoms in total. The van der Waals surface area contributed by atoms with Gasteiger partial charge in [0.05, 0.1) is 11.7 Å². The van der Waals surface area contributed by atoms with Crippen molar-refractivity contribution in [1.29, 1.82) is 5.26 Å². The van der Waals surface area contributed by atoms with Crippen LogP contribution in [-0.2, 0) is 17.6 Å². The lowest BCUT2D eigenvalue weighted by Crippen LogP contribution is -2.20. The van der Waals surface area contributed by atoms with E-state index in [0.717, 1.165) is 18.5 Å². The summed E-state index contributed by atoms with van der Waals surface area (Å²) in [6.45, 7) is 2.65. The van der Waals surface area contributed by atoms with Crippen molar-refractivity contribution in [2.24, 2.45) is 0 Å². The van der Waals surface area contributed by atoms with Crippen LogP contribution in [0.3, 0.4) is 0 Å². The Hall–Kier alpha value is -1.60. The Labute approximate surface area is 108 Å². The zero-order valence-corrected chi connectivity index (χ0v) is 11.0. The van der Waals surface area contributed by atoms with Gasteiger partial charge >= 0.3 is 0 Å². The number of aryl methyl sites for hydroxylation is 2. The van der Waals surface area contributed by atoms with Crippen LogP contribution in [0.25, 0.3) is 0 Å². The van der Waals surface area contributed by atoms with E-state index in [1.165, 1.54) is 18.4 Å². The highest BCUT2D eigenvalue weighted by atomic mass is 16.5. The van der Waals surface area contributed by atoms with Crippen molar-refractivity contribution in [2.45, 2.75) is 38.7 Å². The van der Waals surface area contributed by atoms with E-state index in [-0.39, 0.29) is 6.10 Å². The molecule has 0 saturated heterocycles. The van der Waals surface area contributed by atoms with Gasteiger partial charge in [-0.2, -0.15) is 5.26 Å². The smallest absolute Gasteiger partial charge is 0.144 e. The van der Waals surface area contributed by atoms with Gasteiger partial charge in [-0.1, -0.05) is 0 Å². The molecule has 1 aromatic heterocycles. The Morgan fingerprint density at radius 3 is 3.00 bits per heavy atom. The van der Waals surface area contributed by atoms with Crippen molar-refractivity contribution >= 4 is 5.82 Å². The van der Waals surface area contributed by atoms with Crippen LogP contribution in [-0.4, -0.2) is 24.7 Å². The zero-order chi connectivity index (χ0) is 13.0. The summed E-state index contributed by atoms with van der Waals surface area (Å²) in [7, 11) is 1.68. The van der Waals surface area contributed by atoms with Crippen LogP contribution in [0.5, 0.6) is 0 Å². The molecular weight excluding hydrogens is 226 g/mol. The van der Waals surface area contributed by atoms with E-state index in [0.29, 0.717) is 17.9 Å². The Kier molecular flexibility index (Phi) is 4.16. The average Bonchev–Trinajstić information content (AvgIpc) is 2.43.